The average molecular weight is 498 g/mol. The molecule has 0 aliphatic rings. The molecule has 1 atom stereocenters. The molecule has 0 N–H and O–H groups in total. The van der Waals surface area contributed by atoms with Gasteiger partial charge in [0.1, 0.15) is 28.6 Å². The second kappa shape index (κ2) is 12.3. The number of amides is 1. The quantitative estimate of drug-likeness (QED) is 0.234. The van der Waals surface area contributed by atoms with E-state index in [1.54, 1.807) is 25.1 Å². The van der Waals surface area contributed by atoms with Crippen LogP contribution in [-0.4, -0.2) is 45.2 Å². The van der Waals surface area contributed by atoms with Crippen LogP contribution in [0.1, 0.15) is 20.8 Å². The van der Waals surface area contributed by atoms with Gasteiger partial charge in [-0.2, -0.15) is 10.2 Å². The van der Waals surface area contributed by atoms with Crippen LogP contribution in [0.5, 0.6) is 23.0 Å². The number of carbonyl (C=O) groups excluding carboxylic acids is 2. The smallest absolute Gasteiger partial charge is 0.276 e. The summed E-state index contributed by atoms with van der Waals surface area (Å²) in [5.74, 6) is 0.102. The maximum atomic E-state index is 13.0. The first-order chi connectivity index (χ1) is 15.8. The van der Waals surface area contributed by atoms with Gasteiger partial charge >= 0.3 is 0 Å². The van der Waals surface area contributed by atoms with Crippen LogP contribution in [0.25, 0.3) is 0 Å². The Balaban J connectivity index is 2.41. The molecular formula is C22H25Cl2N3O6. The van der Waals surface area contributed by atoms with E-state index < -0.39 is 17.7 Å². The highest BCUT2D eigenvalue weighted by atomic mass is 35.5. The van der Waals surface area contributed by atoms with Gasteiger partial charge in [-0.05, 0) is 39.0 Å². The van der Waals surface area contributed by atoms with Crippen molar-refractivity contribution in [2.45, 2.75) is 26.8 Å². The summed E-state index contributed by atoms with van der Waals surface area (Å²) in [6.45, 7) is 5.58. The molecule has 0 radical (unpaired) electrons. The zero-order valence-electron chi connectivity index (χ0n) is 18.9. The first-order valence-corrected chi connectivity index (χ1v) is 10.7. The maximum absolute atomic E-state index is 13.0. The highest BCUT2D eigenvalue weighted by Gasteiger charge is 2.30. The van der Waals surface area contributed by atoms with Gasteiger partial charge < -0.3 is 18.9 Å². The lowest BCUT2D eigenvalue weighted by molar-refractivity contribution is -0.126. The first kappa shape index (κ1) is 26.2. The number of anilines is 1. The van der Waals surface area contributed by atoms with E-state index in [2.05, 4.69) is 10.2 Å². The Labute approximate surface area is 202 Å². The van der Waals surface area contributed by atoms with Gasteiger partial charge in [-0.3, -0.25) is 9.59 Å². The van der Waals surface area contributed by atoms with E-state index in [0.717, 1.165) is 4.42 Å². The predicted octanol–water partition coefficient (Wildman–Crippen LogP) is 5.38. The third-order valence-corrected chi connectivity index (χ3v) is 4.95. The van der Waals surface area contributed by atoms with Gasteiger partial charge in [0.05, 0.1) is 32.5 Å². The van der Waals surface area contributed by atoms with Gasteiger partial charge in [-0.25, -0.2) is 4.42 Å². The van der Waals surface area contributed by atoms with Crippen molar-refractivity contribution in [1.82, 2.24) is 0 Å². The Morgan fingerprint density at radius 2 is 1.67 bits per heavy atom. The van der Waals surface area contributed by atoms with Crippen molar-refractivity contribution in [3.63, 3.8) is 0 Å². The summed E-state index contributed by atoms with van der Waals surface area (Å²) < 4.78 is 22.2. The molecule has 1 unspecified atom stereocenters. The number of rotatable bonds is 11. The number of nitrogens with zero attached hydrogens (tertiary/aromatic N) is 3. The van der Waals surface area contributed by atoms with Gasteiger partial charge in [-0.1, -0.05) is 11.6 Å². The van der Waals surface area contributed by atoms with E-state index in [4.69, 9.17) is 42.3 Å². The zero-order chi connectivity index (χ0) is 24.5. The molecule has 11 heteroatoms. The predicted molar refractivity (Wildman–Crippen MR) is 126 cm³/mol. The zero-order valence-corrected chi connectivity index (χ0v) is 20.4. The Hall–Kier alpha value is -3.04. The molecule has 0 heterocycles. The Kier molecular flexibility index (Phi) is 9.74. The number of halogens is 2. The molecule has 2 aromatic carbocycles. The molecule has 2 rings (SSSR count). The van der Waals surface area contributed by atoms with Crippen molar-refractivity contribution in [3.8, 4) is 23.0 Å². The second-order valence-corrected chi connectivity index (χ2v) is 7.25. The monoisotopic (exact) mass is 497 g/mol. The minimum atomic E-state index is -1.52. The van der Waals surface area contributed by atoms with E-state index in [0.29, 0.717) is 36.2 Å². The van der Waals surface area contributed by atoms with E-state index in [1.165, 1.54) is 33.3 Å². The van der Waals surface area contributed by atoms with E-state index in [1.807, 2.05) is 6.92 Å². The third-order valence-electron chi connectivity index (χ3n) is 4.30. The van der Waals surface area contributed by atoms with Crippen molar-refractivity contribution in [1.29, 1.82) is 0 Å². The molecule has 0 saturated heterocycles. The number of methoxy groups -OCH3 is 2. The minimum absolute atomic E-state index is 0.184. The molecule has 0 aliphatic carbocycles. The highest BCUT2D eigenvalue weighted by Crippen LogP contribution is 2.39. The molecule has 0 fully saturated rings. The topological polar surface area (TPSA) is 99.0 Å². The summed E-state index contributed by atoms with van der Waals surface area (Å²) in [6.07, 6.45) is 0. The van der Waals surface area contributed by atoms with Gasteiger partial charge in [0, 0.05) is 23.9 Å². The lowest BCUT2D eigenvalue weighted by Gasteiger charge is -2.19. The second-order valence-electron chi connectivity index (χ2n) is 6.50. The molecule has 0 bridgehead atoms. The SMILES string of the molecule is CCOc1cc(OCC)c(N=NC(C(C)=O)C(=O)N(Cl)c2cc(OC)ccc2OC)cc1Cl. The van der Waals surface area contributed by atoms with Crippen molar-refractivity contribution in [3.05, 3.63) is 35.4 Å². The molecule has 1 amide bonds. The Morgan fingerprint density at radius 1 is 1.00 bits per heavy atom. The number of benzene rings is 2. The maximum Gasteiger partial charge on any atom is 0.276 e. The largest absolute Gasteiger partial charge is 0.497 e. The number of hydrogen-bond donors (Lipinski definition) is 0. The third kappa shape index (κ3) is 6.49. The molecule has 9 nitrogen and oxygen atoms in total. The lowest BCUT2D eigenvalue weighted by atomic mass is 10.2. The Morgan fingerprint density at radius 3 is 2.24 bits per heavy atom. The first-order valence-electron chi connectivity index (χ1n) is 9.99. The van der Waals surface area contributed by atoms with Crippen LogP contribution in [0.4, 0.5) is 11.4 Å². The summed E-state index contributed by atoms with van der Waals surface area (Å²) in [6, 6.07) is 6.26. The number of ketones is 1. The number of hydrogen-bond acceptors (Lipinski definition) is 8. The number of carbonyl (C=O) groups is 2. The molecule has 33 heavy (non-hydrogen) atoms. The van der Waals surface area contributed by atoms with E-state index in [9.17, 15) is 9.59 Å². The van der Waals surface area contributed by atoms with Crippen LogP contribution in [0.3, 0.4) is 0 Å². The lowest BCUT2D eigenvalue weighted by Crippen LogP contribution is -2.36. The number of Topliss-reactive ketones (excluding diaryl/α,β-unsaturated/α-hetero) is 1. The van der Waals surface area contributed by atoms with E-state index >= 15 is 0 Å². The van der Waals surface area contributed by atoms with Gasteiger partial charge in [0.25, 0.3) is 5.91 Å². The van der Waals surface area contributed by atoms with Crippen LogP contribution in [0.15, 0.2) is 40.6 Å². The van der Waals surface area contributed by atoms with Crippen LogP contribution in [-0.2, 0) is 9.59 Å². The van der Waals surface area contributed by atoms with Gasteiger partial charge in [-0.15, -0.1) is 0 Å². The fourth-order valence-corrected chi connectivity index (χ4v) is 3.18. The summed E-state index contributed by atoms with van der Waals surface area (Å²) >= 11 is 12.5. The molecule has 178 valence electrons. The van der Waals surface area contributed by atoms with Crippen LogP contribution in [0.2, 0.25) is 5.02 Å². The standard InChI is InChI=1S/C22H25Cl2N3O6/c1-6-32-19-12-20(33-7-2)16(11-15(19)23)25-26-21(13(3)28)22(29)27(24)17-10-14(30-4)8-9-18(17)31-5/h8-12,21H,6-7H2,1-5H3. The van der Waals surface area contributed by atoms with Crippen molar-refractivity contribution < 1.29 is 28.5 Å². The number of ether oxygens (including phenoxy) is 4. The van der Waals surface area contributed by atoms with E-state index in [-0.39, 0.29) is 16.4 Å². The highest BCUT2D eigenvalue weighted by molar-refractivity contribution is 6.39. The minimum Gasteiger partial charge on any atom is -0.497 e. The molecule has 0 aliphatic heterocycles. The molecule has 2 aromatic rings. The van der Waals surface area contributed by atoms with Crippen molar-refractivity contribution >= 4 is 46.4 Å². The normalized spacial score (nSPS) is 11.7. The van der Waals surface area contributed by atoms with Crippen molar-refractivity contribution in [2.24, 2.45) is 10.2 Å². The molecule has 0 saturated carbocycles. The summed E-state index contributed by atoms with van der Waals surface area (Å²) in [5.41, 5.74) is 0.411. The average Bonchev–Trinajstić information content (AvgIpc) is 2.80. The summed E-state index contributed by atoms with van der Waals surface area (Å²) in [7, 11) is 2.89. The fourth-order valence-electron chi connectivity index (χ4n) is 2.74. The summed E-state index contributed by atoms with van der Waals surface area (Å²) in [5, 5.41) is 8.28. The number of azo groups is 1. The summed E-state index contributed by atoms with van der Waals surface area (Å²) in [4.78, 5) is 25.3. The van der Waals surface area contributed by atoms with Crippen LogP contribution < -0.4 is 23.4 Å². The molecular weight excluding hydrogens is 473 g/mol. The van der Waals surface area contributed by atoms with Crippen molar-refractivity contribution in [2.75, 3.05) is 31.9 Å². The Bertz CT molecular complexity index is 1030. The fraction of sp³-hybridized carbons (Fsp3) is 0.364. The molecule has 0 aromatic heterocycles. The van der Waals surface area contributed by atoms with Crippen LogP contribution >= 0.6 is 23.4 Å². The molecule has 0 spiro atoms. The van der Waals surface area contributed by atoms with Crippen LogP contribution in [0, 0.1) is 0 Å². The van der Waals surface area contributed by atoms with Gasteiger partial charge in [0.15, 0.2) is 11.5 Å². The van der Waals surface area contributed by atoms with Gasteiger partial charge in [0.2, 0.25) is 6.04 Å².